The summed E-state index contributed by atoms with van der Waals surface area (Å²) >= 11 is 1.38. The number of para-hydroxylation sites is 2. The van der Waals surface area contributed by atoms with E-state index in [1.807, 2.05) is 5.38 Å². The van der Waals surface area contributed by atoms with Crippen molar-refractivity contribution in [1.29, 1.82) is 0 Å². The fraction of sp³-hybridized carbons (Fsp3) is 0.154. The molecule has 0 bridgehead atoms. The molecule has 1 atom stereocenters. The Balaban J connectivity index is 2.08. The lowest BCUT2D eigenvalue weighted by atomic mass is 10.1. The van der Waals surface area contributed by atoms with Crippen molar-refractivity contribution in [1.82, 2.24) is 0 Å². The topological polar surface area (TPSA) is 66.8 Å². The van der Waals surface area contributed by atoms with Gasteiger partial charge in [-0.1, -0.05) is 18.2 Å². The molecule has 0 amide bonds. The molecule has 0 saturated heterocycles. The van der Waals surface area contributed by atoms with Gasteiger partial charge in [-0.2, -0.15) is 0 Å². The standard InChI is InChI=1S/C13H12O4S/c14-10-4-1-2-5-11(10)17-8-9(13(15)16)12-6-3-7-18-12/h1-7,9,14H,8H2,(H,15,16). The van der Waals surface area contributed by atoms with Crippen LogP contribution in [0.5, 0.6) is 11.5 Å². The van der Waals surface area contributed by atoms with Crippen LogP contribution >= 0.6 is 11.3 Å². The summed E-state index contributed by atoms with van der Waals surface area (Å²) in [6.07, 6.45) is 0. The average molecular weight is 264 g/mol. The molecular weight excluding hydrogens is 252 g/mol. The molecule has 2 rings (SSSR count). The van der Waals surface area contributed by atoms with Crippen molar-refractivity contribution in [3.05, 3.63) is 46.7 Å². The van der Waals surface area contributed by atoms with Gasteiger partial charge in [0.25, 0.3) is 0 Å². The molecule has 0 aliphatic rings. The van der Waals surface area contributed by atoms with Gasteiger partial charge in [-0.15, -0.1) is 11.3 Å². The summed E-state index contributed by atoms with van der Waals surface area (Å²) in [6, 6.07) is 10.1. The fourth-order valence-corrected chi connectivity index (χ4v) is 2.32. The van der Waals surface area contributed by atoms with Crippen molar-refractivity contribution in [2.75, 3.05) is 6.61 Å². The number of phenols is 1. The normalized spacial score (nSPS) is 12.0. The maximum atomic E-state index is 11.2. The average Bonchev–Trinajstić information content (AvgIpc) is 2.85. The van der Waals surface area contributed by atoms with Crippen molar-refractivity contribution in [3.63, 3.8) is 0 Å². The van der Waals surface area contributed by atoms with Gasteiger partial charge in [-0.05, 0) is 23.6 Å². The number of carbonyl (C=O) groups is 1. The Morgan fingerprint density at radius 3 is 2.67 bits per heavy atom. The summed E-state index contributed by atoms with van der Waals surface area (Å²) in [5.41, 5.74) is 0. The molecule has 0 aliphatic heterocycles. The van der Waals surface area contributed by atoms with Crippen LogP contribution in [0.4, 0.5) is 0 Å². The fourth-order valence-electron chi connectivity index (χ4n) is 1.52. The Bertz CT molecular complexity index is 522. The number of rotatable bonds is 5. The summed E-state index contributed by atoms with van der Waals surface area (Å²) in [6.45, 7) is -0.00653. The number of carboxylic acid groups (broad SMARTS) is 1. The minimum absolute atomic E-state index is 0.00653. The van der Waals surface area contributed by atoms with E-state index in [-0.39, 0.29) is 12.4 Å². The minimum Gasteiger partial charge on any atom is -0.504 e. The highest BCUT2D eigenvalue weighted by Crippen LogP contribution is 2.27. The van der Waals surface area contributed by atoms with E-state index in [9.17, 15) is 9.90 Å². The Morgan fingerprint density at radius 1 is 1.28 bits per heavy atom. The van der Waals surface area contributed by atoms with Gasteiger partial charge in [0.1, 0.15) is 12.5 Å². The second-order valence-corrected chi connectivity index (χ2v) is 4.66. The first-order valence-corrected chi connectivity index (χ1v) is 6.23. The summed E-state index contributed by atoms with van der Waals surface area (Å²) in [7, 11) is 0. The largest absolute Gasteiger partial charge is 0.504 e. The van der Waals surface area contributed by atoms with E-state index in [1.165, 1.54) is 17.4 Å². The van der Waals surface area contributed by atoms with Crippen molar-refractivity contribution >= 4 is 17.3 Å². The molecule has 4 nitrogen and oxygen atoms in total. The molecule has 2 N–H and O–H groups in total. The minimum atomic E-state index is -0.937. The van der Waals surface area contributed by atoms with Crippen LogP contribution in [0.15, 0.2) is 41.8 Å². The number of phenolic OH excluding ortho intramolecular Hbond substituents is 1. The first-order chi connectivity index (χ1) is 8.68. The molecule has 0 saturated carbocycles. The molecule has 94 valence electrons. The van der Waals surface area contributed by atoms with Gasteiger partial charge in [-0.3, -0.25) is 4.79 Å². The second-order valence-electron chi connectivity index (χ2n) is 3.68. The van der Waals surface area contributed by atoms with E-state index in [1.54, 1.807) is 30.3 Å². The van der Waals surface area contributed by atoms with Crippen LogP contribution in [-0.4, -0.2) is 22.8 Å². The van der Waals surface area contributed by atoms with Gasteiger partial charge >= 0.3 is 5.97 Å². The molecular formula is C13H12O4S. The van der Waals surface area contributed by atoms with Crippen LogP contribution in [0.2, 0.25) is 0 Å². The Hall–Kier alpha value is -2.01. The third-order valence-corrected chi connectivity index (χ3v) is 3.44. The lowest BCUT2D eigenvalue weighted by Gasteiger charge is -2.13. The predicted molar refractivity (Wildman–Crippen MR) is 68.3 cm³/mol. The maximum Gasteiger partial charge on any atom is 0.315 e. The third-order valence-electron chi connectivity index (χ3n) is 2.46. The lowest BCUT2D eigenvalue weighted by molar-refractivity contribution is -0.139. The van der Waals surface area contributed by atoms with Gasteiger partial charge in [0.2, 0.25) is 0 Å². The van der Waals surface area contributed by atoms with E-state index in [0.29, 0.717) is 5.75 Å². The van der Waals surface area contributed by atoms with Gasteiger partial charge < -0.3 is 14.9 Å². The van der Waals surface area contributed by atoms with E-state index in [2.05, 4.69) is 0 Å². The number of aromatic hydroxyl groups is 1. The first-order valence-electron chi connectivity index (χ1n) is 5.35. The Labute approximate surface area is 108 Å². The molecule has 0 fully saturated rings. The van der Waals surface area contributed by atoms with E-state index >= 15 is 0 Å². The van der Waals surface area contributed by atoms with E-state index < -0.39 is 11.9 Å². The summed E-state index contributed by atoms with van der Waals surface area (Å²) < 4.78 is 5.36. The number of hydrogen-bond acceptors (Lipinski definition) is 4. The van der Waals surface area contributed by atoms with Crippen LogP contribution in [0.3, 0.4) is 0 Å². The van der Waals surface area contributed by atoms with Crippen LogP contribution < -0.4 is 4.74 Å². The van der Waals surface area contributed by atoms with Crippen LogP contribution in [0, 0.1) is 0 Å². The monoisotopic (exact) mass is 264 g/mol. The number of benzene rings is 1. The number of ether oxygens (including phenoxy) is 1. The van der Waals surface area contributed by atoms with Crippen molar-refractivity contribution in [3.8, 4) is 11.5 Å². The van der Waals surface area contributed by atoms with Crippen LogP contribution in [0.1, 0.15) is 10.8 Å². The van der Waals surface area contributed by atoms with Gasteiger partial charge in [0, 0.05) is 4.88 Å². The second kappa shape index (κ2) is 5.55. The Kier molecular flexibility index (Phi) is 3.84. The van der Waals surface area contributed by atoms with Gasteiger partial charge in [-0.25, -0.2) is 0 Å². The molecule has 0 spiro atoms. The molecule has 2 aromatic rings. The van der Waals surface area contributed by atoms with Gasteiger partial charge in [0.15, 0.2) is 11.5 Å². The number of thiophene rings is 1. The zero-order chi connectivity index (χ0) is 13.0. The molecule has 0 aliphatic carbocycles. The van der Waals surface area contributed by atoms with Crippen molar-refractivity contribution in [2.45, 2.75) is 5.92 Å². The maximum absolute atomic E-state index is 11.2. The molecule has 1 unspecified atom stereocenters. The third kappa shape index (κ3) is 2.81. The zero-order valence-corrected chi connectivity index (χ0v) is 10.3. The van der Waals surface area contributed by atoms with Gasteiger partial charge in [0.05, 0.1) is 0 Å². The predicted octanol–water partition coefficient (Wildman–Crippen LogP) is 2.70. The molecule has 1 aromatic heterocycles. The van der Waals surface area contributed by atoms with E-state index in [4.69, 9.17) is 9.84 Å². The number of aliphatic carboxylic acids is 1. The smallest absolute Gasteiger partial charge is 0.315 e. The van der Waals surface area contributed by atoms with Crippen molar-refractivity contribution in [2.24, 2.45) is 0 Å². The quantitative estimate of drug-likeness (QED) is 0.871. The summed E-state index contributed by atoms with van der Waals surface area (Å²) in [4.78, 5) is 11.9. The highest BCUT2D eigenvalue weighted by Gasteiger charge is 2.22. The summed E-state index contributed by atoms with van der Waals surface area (Å²) in [5, 5.41) is 20.5. The molecule has 1 heterocycles. The molecule has 0 radical (unpaired) electrons. The Morgan fingerprint density at radius 2 is 2.06 bits per heavy atom. The SMILES string of the molecule is O=C(O)C(COc1ccccc1O)c1cccs1. The summed E-state index contributed by atoms with van der Waals surface area (Å²) in [5.74, 6) is -1.36. The molecule has 5 heteroatoms. The highest BCUT2D eigenvalue weighted by molar-refractivity contribution is 7.10. The first kappa shape index (κ1) is 12.4. The van der Waals surface area contributed by atoms with Crippen LogP contribution in [-0.2, 0) is 4.79 Å². The van der Waals surface area contributed by atoms with E-state index in [0.717, 1.165) is 4.88 Å². The zero-order valence-electron chi connectivity index (χ0n) is 9.45. The molecule has 18 heavy (non-hydrogen) atoms. The van der Waals surface area contributed by atoms with Crippen LogP contribution in [0.25, 0.3) is 0 Å². The van der Waals surface area contributed by atoms with Crippen molar-refractivity contribution < 1.29 is 19.7 Å². The number of hydrogen-bond donors (Lipinski definition) is 2. The lowest BCUT2D eigenvalue weighted by Crippen LogP contribution is -2.18. The molecule has 1 aromatic carbocycles. The number of carboxylic acids is 1. The highest BCUT2D eigenvalue weighted by atomic mass is 32.1.